The van der Waals surface area contributed by atoms with Gasteiger partial charge in [0.15, 0.2) is 0 Å². The van der Waals surface area contributed by atoms with Gasteiger partial charge in [0.25, 0.3) is 0 Å². The highest BCUT2D eigenvalue weighted by molar-refractivity contribution is 6.21. The van der Waals surface area contributed by atoms with Gasteiger partial charge in [0.2, 0.25) is 5.91 Å². The van der Waals surface area contributed by atoms with Crippen molar-refractivity contribution in [1.29, 1.82) is 0 Å². The molecule has 2 N–H and O–H groups in total. The maximum absolute atomic E-state index is 11.2. The van der Waals surface area contributed by atoms with E-state index >= 15 is 0 Å². The van der Waals surface area contributed by atoms with Gasteiger partial charge in [-0.2, -0.15) is 0 Å². The molecule has 2 rings (SSSR count). The molecule has 0 aromatic heterocycles. The fourth-order valence-corrected chi connectivity index (χ4v) is 1.73. The number of hydrogen-bond acceptors (Lipinski definition) is 3. The van der Waals surface area contributed by atoms with Crippen LogP contribution in [0.15, 0.2) is 0 Å². The van der Waals surface area contributed by atoms with Crippen molar-refractivity contribution >= 4 is 17.5 Å². The van der Waals surface area contributed by atoms with Gasteiger partial charge in [0, 0.05) is 13.1 Å². The van der Waals surface area contributed by atoms with E-state index in [9.17, 15) is 4.79 Å². The highest BCUT2D eigenvalue weighted by atomic mass is 35.5. The fraction of sp³-hybridized carbons (Fsp3) is 0.833. The molecule has 2 unspecified atom stereocenters. The molecule has 2 heterocycles. The van der Waals surface area contributed by atoms with Crippen LogP contribution in [0.3, 0.4) is 0 Å². The number of carbonyl (C=O) groups is 1. The first-order valence-corrected chi connectivity index (χ1v) is 4.14. The lowest BCUT2D eigenvalue weighted by Gasteiger charge is -2.32. The van der Waals surface area contributed by atoms with Crippen LogP contribution in [-0.2, 0) is 4.79 Å². The van der Waals surface area contributed by atoms with Crippen LogP contribution < -0.4 is 10.6 Å². The summed E-state index contributed by atoms with van der Waals surface area (Å²) >= 11 is 5.78. The van der Waals surface area contributed by atoms with Crippen LogP contribution in [-0.4, -0.2) is 35.7 Å². The normalized spacial score (nSPS) is 37.5. The quantitative estimate of drug-likeness (QED) is 0.377. The van der Waals surface area contributed by atoms with E-state index in [1.54, 1.807) is 4.90 Å². The van der Waals surface area contributed by atoms with Gasteiger partial charge in [0.05, 0.1) is 11.9 Å². The molecule has 0 aliphatic carbocycles. The molecule has 62 valence electrons. The Hall–Kier alpha value is -0.320. The molecule has 1 amide bonds. The number of halogens is 1. The number of carbonyl (C=O) groups excluding carboxylic acids is 1. The van der Waals surface area contributed by atoms with Crippen LogP contribution in [0.1, 0.15) is 6.42 Å². The third-order valence-electron chi connectivity index (χ3n) is 2.01. The Balaban J connectivity index is 2.10. The Morgan fingerprint density at radius 1 is 1.64 bits per heavy atom. The first kappa shape index (κ1) is 7.34. The summed E-state index contributed by atoms with van der Waals surface area (Å²) in [7, 11) is 0. The number of nitrogens with zero attached hydrogens (tertiary/aromatic N) is 1. The van der Waals surface area contributed by atoms with Gasteiger partial charge < -0.3 is 4.90 Å². The molecule has 2 saturated heterocycles. The molecule has 0 radical (unpaired) electrons. The van der Waals surface area contributed by atoms with E-state index in [-0.39, 0.29) is 17.7 Å². The molecule has 0 spiro atoms. The predicted octanol–water partition coefficient (Wildman–Crippen LogP) is -0.740. The summed E-state index contributed by atoms with van der Waals surface area (Å²) in [5, 5.41) is 6.20. The van der Waals surface area contributed by atoms with Crippen molar-refractivity contribution in [2.45, 2.75) is 18.2 Å². The molecule has 5 heteroatoms. The first-order valence-electron chi connectivity index (χ1n) is 3.70. The molecule has 0 aromatic rings. The Morgan fingerprint density at radius 3 is 3.27 bits per heavy atom. The van der Waals surface area contributed by atoms with Gasteiger partial charge in [-0.1, -0.05) is 0 Å². The minimum Gasteiger partial charge on any atom is -0.313 e. The molecule has 2 atom stereocenters. The maximum atomic E-state index is 11.2. The summed E-state index contributed by atoms with van der Waals surface area (Å²) < 4.78 is 0. The van der Waals surface area contributed by atoms with Crippen LogP contribution in [0.2, 0.25) is 0 Å². The second-order valence-electron chi connectivity index (χ2n) is 2.78. The fourth-order valence-electron chi connectivity index (χ4n) is 1.48. The number of hydrogen-bond donors (Lipinski definition) is 2. The van der Waals surface area contributed by atoms with Crippen molar-refractivity contribution in [3.8, 4) is 0 Å². The SMILES string of the molecule is O=C1CC(Cl)NC2NCCN12. The first-order chi connectivity index (χ1) is 5.27. The minimum atomic E-state index is -0.214. The van der Waals surface area contributed by atoms with Crippen LogP contribution in [0, 0.1) is 0 Å². The summed E-state index contributed by atoms with van der Waals surface area (Å²) in [5.74, 6) is 0.138. The molecule has 11 heavy (non-hydrogen) atoms. The van der Waals surface area contributed by atoms with Crippen molar-refractivity contribution in [3.63, 3.8) is 0 Å². The monoisotopic (exact) mass is 175 g/mol. The number of amides is 1. The van der Waals surface area contributed by atoms with Crippen molar-refractivity contribution in [2.24, 2.45) is 0 Å². The van der Waals surface area contributed by atoms with Crippen molar-refractivity contribution in [3.05, 3.63) is 0 Å². The Bertz CT molecular complexity index is 187. The van der Waals surface area contributed by atoms with Gasteiger partial charge in [-0.05, 0) is 0 Å². The molecule has 2 aliphatic heterocycles. The van der Waals surface area contributed by atoms with E-state index in [2.05, 4.69) is 10.6 Å². The second kappa shape index (κ2) is 2.62. The highest BCUT2D eigenvalue weighted by Gasteiger charge is 2.34. The molecular formula is C6H10ClN3O. The van der Waals surface area contributed by atoms with E-state index < -0.39 is 0 Å². The van der Waals surface area contributed by atoms with E-state index in [1.807, 2.05) is 0 Å². The second-order valence-corrected chi connectivity index (χ2v) is 3.31. The van der Waals surface area contributed by atoms with Gasteiger partial charge in [-0.3, -0.25) is 15.4 Å². The average Bonchev–Trinajstić information content (AvgIpc) is 2.34. The number of nitrogens with one attached hydrogen (secondary N) is 2. The summed E-state index contributed by atoms with van der Waals surface area (Å²) in [6, 6.07) is 0. The molecule has 2 aliphatic rings. The Labute approximate surface area is 69.9 Å². The number of rotatable bonds is 0. The zero-order chi connectivity index (χ0) is 7.84. The third kappa shape index (κ3) is 1.21. The third-order valence-corrected chi connectivity index (χ3v) is 2.30. The Kier molecular flexibility index (Phi) is 1.75. The summed E-state index contributed by atoms with van der Waals surface area (Å²) in [6.45, 7) is 1.65. The molecular weight excluding hydrogens is 166 g/mol. The van der Waals surface area contributed by atoms with Crippen molar-refractivity contribution in [1.82, 2.24) is 15.5 Å². The zero-order valence-corrected chi connectivity index (χ0v) is 6.77. The topological polar surface area (TPSA) is 44.4 Å². The largest absolute Gasteiger partial charge is 0.313 e. The molecule has 0 aromatic carbocycles. The van der Waals surface area contributed by atoms with Gasteiger partial charge in [-0.15, -0.1) is 11.6 Å². The van der Waals surface area contributed by atoms with E-state index in [4.69, 9.17) is 11.6 Å². The van der Waals surface area contributed by atoms with Crippen LogP contribution in [0.4, 0.5) is 0 Å². The van der Waals surface area contributed by atoms with Gasteiger partial charge >= 0.3 is 0 Å². The lowest BCUT2D eigenvalue weighted by atomic mass is 10.3. The smallest absolute Gasteiger partial charge is 0.227 e. The van der Waals surface area contributed by atoms with E-state index in [0.717, 1.165) is 13.1 Å². The molecule has 4 nitrogen and oxygen atoms in total. The summed E-state index contributed by atoms with van der Waals surface area (Å²) in [4.78, 5) is 13.0. The van der Waals surface area contributed by atoms with Crippen LogP contribution in [0.5, 0.6) is 0 Å². The minimum absolute atomic E-state index is 0.0289. The average molecular weight is 176 g/mol. The highest BCUT2D eigenvalue weighted by Crippen LogP contribution is 2.14. The van der Waals surface area contributed by atoms with Crippen LogP contribution in [0.25, 0.3) is 0 Å². The Morgan fingerprint density at radius 2 is 2.45 bits per heavy atom. The molecule has 0 saturated carbocycles. The molecule has 0 bridgehead atoms. The lowest BCUT2D eigenvalue weighted by molar-refractivity contribution is -0.135. The van der Waals surface area contributed by atoms with Crippen LogP contribution >= 0.6 is 11.6 Å². The van der Waals surface area contributed by atoms with Gasteiger partial charge in [0.1, 0.15) is 6.29 Å². The zero-order valence-electron chi connectivity index (χ0n) is 6.01. The summed E-state index contributed by atoms with van der Waals surface area (Å²) in [5.41, 5.74) is -0.214. The standard InChI is InChI=1S/C6H10ClN3O/c7-4-3-5(11)10-2-1-8-6(10)9-4/h4,6,8-9H,1-3H2. The predicted molar refractivity (Wildman–Crippen MR) is 40.9 cm³/mol. The van der Waals surface area contributed by atoms with Crippen molar-refractivity contribution < 1.29 is 4.79 Å². The van der Waals surface area contributed by atoms with Gasteiger partial charge in [-0.25, -0.2) is 0 Å². The van der Waals surface area contributed by atoms with E-state index in [0.29, 0.717) is 6.42 Å². The lowest BCUT2D eigenvalue weighted by Crippen LogP contribution is -2.57. The number of fused-ring (bicyclic) bond motifs is 1. The summed E-state index contributed by atoms with van der Waals surface area (Å²) in [6.07, 6.45) is 0.374. The molecule has 2 fully saturated rings. The van der Waals surface area contributed by atoms with E-state index in [1.165, 1.54) is 0 Å². The number of alkyl halides is 1. The van der Waals surface area contributed by atoms with Crippen molar-refractivity contribution in [2.75, 3.05) is 13.1 Å². The maximum Gasteiger partial charge on any atom is 0.227 e.